The van der Waals surface area contributed by atoms with Crippen LogP contribution in [0.3, 0.4) is 0 Å². The van der Waals surface area contributed by atoms with E-state index in [1.165, 1.54) is 17.7 Å². The lowest BCUT2D eigenvalue weighted by atomic mass is 9.94. The average Bonchev–Trinajstić information content (AvgIpc) is 3.29. The van der Waals surface area contributed by atoms with E-state index in [9.17, 15) is 9.18 Å². The van der Waals surface area contributed by atoms with Gasteiger partial charge in [-0.1, -0.05) is 42.0 Å². The number of benzene rings is 2. The second kappa shape index (κ2) is 5.32. The number of amides is 1. The molecular formula is C18H18FNO. The van der Waals surface area contributed by atoms with Gasteiger partial charge in [-0.05, 0) is 43.0 Å². The number of hydrogen-bond acceptors (Lipinski definition) is 1. The first-order chi connectivity index (χ1) is 10.1. The fourth-order valence-corrected chi connectivity index (χ4v) is 2.60. The highest BCUT2D eigenvalue weighted by Crippen LogP contribution is 2.48. The minimum atomic E-state index is -0.353. The van der Waals surface area contributed by atoms with Gasteiger partial charge in [-0.3, -0.25) is 4.79 Å². The van der Waals surface area contributed by atoms with E-state index in [4.69, 9.17) is 0 Å². The highest BCUT2D eigenvalue weighted by molar-refractivity contribution is 5.91. The lowest BCUT2D eigenvalue weighted by molar-refractivity contribution is -0.123. The fraction of sp³-hybridized carbons (Fsp3) is 0.278. The molecule has 1 fully saturated rings. The van der Waals surface area contributed by atoms with Gasteiger partial charge < -0.3 is 5.32 Å². The molecule has 2 aromatic rings. The lowest BCUT2D eigenvalue weighted by Crippen LogP contribution is -2.34. The minimum absolute atomic E-state index is 0.0654. The third-order valence-electron chi connectivity index (χ3n) is 4.16. The van der Waals surface area contributed by atoms with Crippen LogP contribution in [0.15, 0.2) is 48.5 Å². The van der Waals surface area contributed by atoms with Crippen LogP contribution >= 0.6 is 0 Å². The molecule has 3 rings (SSSR count). The Balaban J connectivity index is 1.67. The zero-order valence-corrected chi connectivity index (χ0v) is 12.0. The summed E-state index contributed by atoms with van der Waals surface area (Å²) < 4.78 is 12.9. The molecule has 0 atom stereocenters. The van der Waals surface area contributed by atoms with Gasteiger partial charge in [0.05, 0.1) is 5.41 Å². The Hall–Kier alpha value is -2.16. The Bertz CT molecular complexity index is 642. The van der Waals surface area contributed by atoms with Crippen LogP contribution in [0.4, 0.5) is 4.39 Å². The van der Waals surface area contributed by atoms with Crippen molar-refractivity contribution in [3.63, 3.8) is 0 Å². The van der Waals surface area contributed by atoms with Gasteiger partial charge in [0.1, 0.15) is 5.82 Å². The largest absolute Gasteiger partial charge is 0.351 e. The Kier molecular flexibility index (Phi) is 3.50. The Morgan fingerprint density at radius 3 is 2.29 bits per heavy atom. The van der Waals surface area contributed by atoms with E-state index in [1.54, 1.807) is 12.1 Å². The second-order valence-corrected chi connectivity index (χ2v) is 5.76. The number of rotatable bonds is 4. The molecule has 1 aliphatic carbocycles. The van der Waals surface area contributed by atoms with Crippen LogP contribution in [0.2, 0.25) is 0 Å². The SMILES string of the molecule is Cc1ccc(C2(C(=O)NCc3ccc(F)cc3)CC2)cc1. The number of nitrogens with one attached hydrogen (secondary N) is 1. The lowest BCUT2D eigenvalue weighted by Gasteiger charge is -2.16. The molecule has 1 aliphatic rings. The number of carbonyl (C=O) groups is 1. The number of hydrogen-bond donors (Lipinski definition) is 1. The predicted octanol–water partition coefficient (Wildman–Crippen LogP) is 3.48. The zero-order valence-electron chi connectivity index (χ0n) is 12.0. The van der Waals surface area contributed by atoms with Crippen LogP contribution in [0.25, 0.3) is 0 Å². The standard InChI is InChI=1S/C18H18FNO/c1-13-2-6-15(7-3-13)18(10-11-18)17(21)20-12-14-4-8-16(19)9-5-14/h2-9H,10-12H2,1H3,(H,20,21). The summed E-state index contributed by atoms with van der Waals surface area (Å²) in [7, 11) is 0. The predicted molar refractivity (Wildman–Crippen MR) is 80.3 cm³/mol. The molecule has 2 aromatic carbocycles. The number of halogens is 1. The molecular weight excluding hydrogens is 265 g/mol. The van der Waals surface area contributed by atoms with E-state index >= 15 is 0 Å². The Morgan fingerprint density at radius 1 is 1.10 bits per heavy atom. The summed E-state index contributed by atoms with van der Waals surface area (Å²) in [5.74, 6) is -0.195. The van der Waals surface area contributed by atoms with Crippen LogP contribution in [0, 0.1) is 12.7 Å². The Morgan fingerprint density at radius 2 is 1.71 bits per heavy atom. The molecule has 0 unspecified atom stereocenters. The number of aryl methyl sites for hydroxylation is 1. The maximum atomic E-state index is 12.9. The van der Waals surface area contributed by atoms with E-state index in [2.05, 4.69) is 5.32 Å². The van der Waals surface area contributed by atoms with E-state index in [-0.39, 0.29) is 17.1 Å². The topological polar surface area (TPSA) is 29.1 Å². The zero-order chi connectivity index (χ0) is 14.9. The molecule has 0 spiro atoms. The van der Waals surface area contributed by atoms with Gasteiger partial charge in [0.15, 0.2) is 0 Å². The molecule has 1 amide bonds. The van der Waals surface area contributed by atoms with Gasteiger partial charge in [0.2, 0.25) is 5.91 Å². The molecule has 3 heteroatoms. The normalized spacial score (nSPS) is 15.5. The summed E-state index contributed by atoms with van der Waals surface area (Å²) >= 11 is 0. The van der Waals surface area contributed by atoms with Crippen LogP contribution in [-0.2, 0) is 16.8 Å². The molecule has 108 valence electrons. The van der Waals surface area contributed by atoms with Crippen LogP contribution in [-0.4, -0.2) is 5.91 Å². The van der Waals surface area contributed by atoms with Gasteiger partial charge >= 0.3 is 0 Å². The van der Waals surface area contributed by atoms with Crippen LogP contribution < -0.4 is 5.32 Å². The maximum absolute atomic E-state index is 12.9. The second-order valence-electron chi connectivity index (χ2n) is 5.76. The molecule has 0 aromatic heterocycles. The van der Waals surface area contributed by atoms with E-state index in [1.807, 2.05) is 31.2 Å². The van der Waals surface area contributed by atoms with Crippen LogP contribution in [0.5, 0.6) is 0 Å². The van der Waals surface area contributed by atoms with Crippen molar-refractivity contribution in [2.45, 2.75) is 31.7 Å². The molecule has 0 radical (unpaired) electrons. The van der Waals surface area contributed by atoms with Crippen molar-refractivity contribution >= 4 is 5.91 Å². The maximum Gasteiger partial charge on any atom is 0.230 e. The van der Waals surface area contributed by atoms with E-state index < -0.39 is 0 Å². The first kappa shape index (κ1) is 13.8. The summed E-state index contributed by atoms with van der Waals surface area (Å²) in [4.78, 5) is 12.5. The summed E-state index contributed by atoms with van der Waals surface area (Å²) in [6.45, 7) is 2.48. The molecule has 1 N–H and O–H groups in total. The highest BCUT2D eigenvalue weighted by Gasteiger charge is 2.50. The highest BCUT2D eigenvalue weighted by atomic mass is 19.1. The smallest absolute Gasteiger partial charge is 0.230 e. The average molecular weight is 283 g/mol. The number of carbonyl (C=O) groups excluding carboxylic acids is 1. The first-order valence-electron chi connectivity index (χ1n) is 7.20. The van der Waals surface area contributed by atoms with E-state index in [0.29, 0.717) is 6.54 Å². The van der Waals surface area contributed by atoms with Gasteiger partial charge in [0.25, 0.3) is 0 Å². The first-order valence-corrected chi connectivity index (χ1v) is 7.20. The van der Waals surface area contributed by atoms with Crippen LogP contribution in [0.1, 0.15) is 29.5 Å². The summed E-state index contributed by atoms with van der Waals surface area (Å²) in [5.41, 5.74) is 2.84. The molecule has 0 heterocycles. The third-order valence-corrected chi connectivity index (χ3v) is 4.16. The van der Waals surface area contributed by atoms with Crippen molar-refractivity contribution in [2.24, 2.45) is 0 Å². The summed E-state index contributed by atoms with van der Waals surface area (Å²) in [6.07, 6.45) is 1.79. The van der Waals surface area contributed by atoms with Gasteiger partial charge in [0, 0.05) is 6.54 Å². The van der Waals surface area contributed by atoms with Crippen molar-refractivity contribution in [1.29, 1.82) is 0 Å². The molecule has 0 saturated heterocycles. The quantitative estimate of drug-likeness (QED) is 0.914. The summed E-state index contributed by atoms with van der Waals surface area (Å²) in [6, 6.07) is 14.4. The minimum Gasteiger partial charge on any atom is -0.351 e. The Labute approximate surface area is 124 Å². The van der Waals surface area contributed by atoms with Crippen molar-refractivity contribution in [3.8, 4) is 0 Å². The molecule has 1 saturated carbocycles. The van der Waals surface area contributed by atoms with Gasteiger partial charge in [-0.25, -0.2) is 4.39 Å². The van der Waals surface area contributed by atoms with Crippen molar-refractivity contribution in [3.05, 3.63) is 71.0 Å². The summed E-state index contributed by atoms with van der Waals surface area (Å²) in [5, 5.41) is 2.97. The molecule has 21 heavy (non-hydrogen) atoms. The third kappa shape index (κ3) is 2.82. The van der Waals surface area contributed by atoms with Gasteiger partial charge in [-0.15, -0.1) is 0 Å². The van der Waals surface area contributed by atoms with Crippen molar-refractivity contribution in [2.75, 3.05) is 0 Å². The van der Waals surface area contributed by atoms with E-state index in [0.717, 1.165) is 24.0 Å². The fourth-order valence-electron chi connectivity index (χ4n) is 2.60. The van der Waals surface area contributed by atoms with Gasteiger partial charge in [-0.2, -0.15) is 0 Å². The molecule has 2 nitrogen and oxygen atoms in total. The van der Waals surface area contributed by atoms with Crippen molar-refractivity contribution < 1.29 is 9.18 Å². The van der Waals surface area contributed by atoms with Crippen molar-refractivity contribution in [1.82, 2.24) is 5.32 Å². The molecule has 0 bridgehead atoms. The monoisotopic (exact) mass is 283 g/mol. The molecule has 0 aliphatic heterocycles.